The zero-order chi connectivity index (χ0) is 23.9. The first-order chi connectivity index (χ1) is 16.3. The van der Waals surface area contributed by atoms with Gasteiger partial charge in [0, 0.05) is 44.3 Å². The molecule has 5 rings (SSSR count). The van der Waals surface area contributed by atoms with E-state index >= 15 is 0 Å². The number of imidazole rings is 1. The summed E-state index contributed by atoms with van der Waals surface area (Å²) >= 11 is 0. The molecule has 3 aromatic rings. The van der Waals surface area contributed by atoms with Crippen LogP contribution in [0, 0.1) is 11.3 Å². The van der Waals surface area contributed by atoms with Gasteiger partial charge in [-0.2, -0.15) is 18.4 Å². The minimum Gasteiger partial charge on any atom is -0.493 e. The van der Waals surface area contributed by atoms with E-state index in [-0.39, 0.29) is 29.3 Å². The standard InChI is InChI=1S/C24H25F3N6O/c1-32-14-29-23-20(11-28)31-19(10-21(23)32)15-3-6-22(18(9-15)24(25,26)27)34-8-2-7-33-12-16-4-5-17(13-33)30-16/h3,6,9-10,14,16-17,30H,2,4-5,7-8,12-13H2,1H3. The minimum absolute atomic E-state index is 0.0725. The van der Waals surface area contributed by atoms with Crippen LogP contribution in [-0.4, -0.2) is 57.8 Å². The van der Waals surface area contributed by atoms with E-state index in [4.69, 9.17) is 4.74 Å². The van der Waals surface area contributed by atoms with Crippen molar-refractivity contribution >= 4 is 11.0 Å². The largest absolute Gasteiger partial charge is 0.493 e. The first-order valence-electron chi connectivity index (χ1n) is 11.4. The Balaban J connectivity index is 1.33. The quantitative estimate of drug-likeness (QED) is 0.553. The van der Waals surface area contributed by atoms with E-state index < -0.39 is 11.7 Å². The summed E-state index contributed by atoms with van der Waals surface area (Å²) in [6.07, 6.45) is -0.00480. The molecule has 2 bridgehead atoms. The number of hydrogen-bond acceptors (Lipinski definition) is 6. The van der Waals surface area contributed by atoms with Gasteiger partial charge in [0.05, 0.1) is 29.7 Å². The van der Waals surface area contributed by atoms with Gasteiger partial charge in [-0.25, -0.2) is 9.97 Å². The van der Waals surface area contributed by atoms with Gasteiger partial charge in [-0.1, -0.05) is 0 Å². The lowest BCUT2D eigenvalue weighted by Crippen LogP contribution is -2.51. The van der Waals surface area contributed by atoms with Crippen LogP contribution in [0.3, 0.4) is 0 Å². The Bertz CT molecular complexity index is 1240. The molecule has 34 heavy (non-hydrogen) atoms. The number of ether oxygens (including phenoxy) is 1. The molecule has 0 amide bonds. The zero-order valence-electron chi connectivity index (χ0n) is 18.8. The summed E-state index contributed by atoms with van der Waals surface area (Å²) in [6.45, 7) is 2.98. The van der Waals surface area contributed by atoms with Crippen molar-refractivity contribution in [1.29, 1.82) is 5.26 Å². The number of nitriles is 1. The molecular formula is C24H25F3N6O. The molecule has 0 aliphatic carbocycles. The molecule has 0 spiro atoms. The fourth-order valence-electron chi connectivity index (χ4n) is 4.93. The van der Waals surface area contributed by atoms with Crippen LogP contribution in [0.5, 0.6) is 5.75 Å². The normalized spacial score (nSPS) is 20.6. The molecule has 0 saturated carbocycles. The molecule has 2 saturated heterocycles. The Kier molecular flexibility index (Phi) is 5.91. The molecule has 2 aliphatic rings. The van der Waals surface area contributed by atoms with Gasteiger partial charge in [0.15, 0.2) is 5.69 Å². The second-order valence-corrected chi connectivity index (χ2v) is 9.00. The van der Waals surface area contributed by atoms with Gasteiger partial charge in [-0.3, -0.25) is 0 Å². The van der Waals surface area contributed by atoms with E-state index in [0.717, 1.165) is 25.7 Å². The third-order valence-electron chi connectivity index (χ3n) is 6.57. The maximum absolute atomic E-state index is 13.9. The van der Waals surface area contributed by atoms with Crippen LogP contribution in [0.25, 0.3) is 22.3 Å². The maximum Gasteiger partial charge on any atom is 0.419 e. The summed E-state index contributed by atoms with van der Waals surface area (Å²) < 4.78 is 48.9. The Morgan fingerprint density at radius 2 is 1.97 bits per heavy atom. The fraction of sp³-hybridized carbons (Fsp3) is 0.458. The monoisotopic (exact) mass is 470 g/mol. The van der Waals surface area contributed by atoms with Crippen molar-refractivity contribution in [1.82, 2.24) is 24.8 Å². The summed E-state index contributed by atoms with van der Waals surface area (Å²) in [5.41, 5.74) is 0.798. The highest BCUT2D eigenvalue weighted by Gasteiger charge is 2.35. The van der Waals surface area contributed by atoms with Gasteiger partial charge in [-0.15, -0.1) is 0 Å². The Labute approximate surface area is 195 Å². The lowest BCUT2D eigenvalue weighted by atomic mass is 10.1. The number of hydrogen-bond donors (Lipinski definition) is 1. The third-order valence-corrected chi connectivity index (χ3v) is 6.57. The molecule has 7 nitrogen and oxygen atoms in total. The van der Waals surface area contributed by atoms with Crippen molar-refractivity contribution < 1.29 is 17.9 Å². The SMILES string of the molecule is Cn1cnc2c(C#N)nc(-c3ccc(OCCCN4CC5CCC(C4)N5)c(C(F)(F)F)c3)cc21. The number of nitrogens with one attached hydrogen (secondary N) is 1. The minimum atomic E-state index is -4.59. The summed E-state index contributed by atoms with van der Waals surface area (Å²) in [5, 5.41) is 13.0. The first kappa shape index (κ1) is 22.6. The summed E-state index contributed by atoms with van der Waals surface area (Å²) in [5.74, 6) is -0.196. The Morgan fingerprint density at radius 1 is 1.21 bits per heavy atom. The van der Waals surface area contributed by atoms with E-state index in [9.17, 15) is 18.4 Å². The number of alkyl halides is 3. The molecule has 178 valence electrons. The van der Waals surface area contributed by atoms with Crippen molar-refractivity contribution in [2.45, 2.75) is 37.5 Å². The molecule has 0 radical (unpaired) electrons. The van der Waals surface area contributed by atoms with Crippen LogP contribution < -0.4 is 10.1 Å². The molecular weight excluding hydrogens is 445 g/mol. The molecule has 4 heterocycles. The smallest absolute Gasteiger partial charge is 0.419 e. The molecule has 10 heteroatoms. The van der Waals surface area contributed by atoms with Gasteiger partial charge < -0.3 is 19.5 Å². The number of nitrogens with zero attached hydrogens (tertiary/aromatic N) is 5. The van der Waals surface area contributed by atoms with E-state index in [2.05, 4.69) is 20.2 Å². The lowest BCUT2D eigenvalue weighted by molar-refractivity contribution is -0.138. The van der Waals surface area contributed by atoms with E-state index in [1.807, 2.05) is 6.07 Å². The molecule has 2 aromatic heterocycles. The second kappa shape index (κ2) is 8.89. The van der Waals surface area contributed by atoms with Crippen LogP contribution in [0.4, 0.5) is 13.2 Å². The molecule has 2 atom stereocenters. The summed E-state index contributed by atoms with van der Waals surface area (Å²) in [6, 6.07) is 8.60. The van der Waals surface area contributed by atoms with Crippen molar-refractivity contribution in [3.05, 3.63) is 41.9 Å². The highest BCUT2D eigenvalue weighted by Crippen LogP contribution is 2.39. The zero-order valence-corrected chi connectivity index (χ0v) is 18.8. The number of piperazine rings is 1. The van der Waals surface area contributed by atoms with E-state index in [1.54, 1.807) is 30.1 Å². The van der Waals surface area contributed by atoms with Crippen LogP contribution in [-0.2, 0) is 13.2 Å². The maximum atomic E-state index is 13.9. The third kappa shape index (κ3) is 4.45. The number of benzene rings is 1. The van der Waals surface area contributed by atoms with Crippen molar-refractivity contribution in [2.24, 2.45) is 7.05 Å². The van der Waals surface area contributed by atoms with Crippen LogP contribution in [0.15, 0.2) is 30.6 Å². The topological polar surface area (TPSA) is 79.0 Å². The Morgan fingerprint density at radius 3 is 2.68 bits per heavy atom. The number of pyridine rings is 1. The molecule has 2 fully saturated rings. The van der Waals surface area contributed by atoms with E-state index in [1.165, 1.54) is 18.9 Å². The van der Waals surface area contributed by atoms with Crippen molar-refractivity contribution in [2.75, 3.05) is 26.2 Å². The van der Waals surface area contributed by atoms with Crippen LogP contribution >= 0.6 is 0 Å². The van der Waals surface area contributed by atoms with Crippen molar-refractivity contribution in [3.63, 3.8) is 0 Å². The molecule has 1 N–H and O–H groups in total. The molecule has 2 aliphatic heterocycles. The average Bonchev–Trinajstić information content (AvgIpc) is 3.36. The number of likely N-dealkylation sites (tertiary alicyclic amines) is 1. The van der Waals surface area contributed by atoms with Crippen LogP contribution in [0.2, 0.25) is 0 Å². The number of aryl methyl sites for hydroxylation is 1. The van der Waals surface area contributed by atoms with E-state index in [0.29, 0.717) is 29.5 Å². The van der Waals surface area contributed by atoms with Gasteiger partial charge in [0.1, 0.15) is 17.3 Å². The number of aromatic nitrogens is 3. The predicted octanol–water partition coefficient (Wildman–Crippen LogP) is 3.73. The van der Waals surface area contributed by atoms with Crippen molar-refractivity contribution in [3.8, 4) is 23.1 Å². The number of rotatable bonds is 6. The van der Waals surface area contributed by atoms with Gasteiger partial charge in [0.2, 0.25) is 0 Å². The fourth-order valence-corrected chi connectivity index (χ4v) is 4.93. The highest BCUT2D eigenvalue weighted by atomic mass is 19.4. The van der Waals surface area contributed by atoms with Gasteiger partial charge >= 0.3 is 6.18 Å². The summed E-state index contributed by atoms with van der Waals surface area (Å²) in [4.78, 5) is 10.8. The first-order valence-corrected chi connectivity index (χ1v) is 11.4. The average molecular weight is 470 g/mol. The lowest BCUT2D eigenvalue weighted by Gasteiger charge is -2.32. The Hall–Kier alpha value is -3.16. The predicted molar refractivity (Wildman–Crippen MR) is 120 cm³/mol. The highest BCUT2D eigenvalue weighted by molar-refractivity contribution is 5.84. The molecule has 1 aromatic carbocycles. The van der Waals surface area contributed by atoms with Gasteiger partial charge in [0.25, 0.3) is 0 Å². The molecule has 2 unspecified atom stereocenters. The summed E-state index contributed by atoms with van der Waals surface area (Å²) in [7, 11) is 1.75. The van der Waals surface area contributed by atoms with Crippen LogP contribution in [0.1, 0.15) is 30.5 Å². The number of fused-ring (bicyclic) bond motifs is 3. The van der Waals surface area contributed by atoms with Gasteiger partial charge in [-0.05, 0) is 43.5 Å². The number of halogens is 3. The second-order valence-electron chi connectivity index (χ2n) is 9.00.